The smallest absolute Gasteiger partial charge is 0.252 e. The minimum Gasteiger partial charge on any atom is -0.354 e. The molecule has 6 nitrogen and oxygen atoms in total. The Morgan fingerprint density at radius 2 is 1.67 bits per heavy atom. The van der Waals surface area contributed by atoms with E-state index in [2.05, 4.69) is 4.98 Å². The van der Waals surface area contributed by atoms with Crippen molar-refractivity contribution in [3.63, 3.8) is 0 Å². The van der Waals surface area contributed by atoms with Crippen LogP contribution in [0.5, 0.6) is 0 Å². The largest absolute Gasteiger partial charge is 0.354 e. The number of hydrazine groups is 1. The monoisotopic (exact) mass is 463 g/mol. The number of carbonyl (C=O) groups is 1. The first kappa shape index (κ1) is 21.6. The van der Waals surface area contributed by atoms with E-state index in [4.69, 9.17) is 5.26 Å². The molecule has 3 saturated heterocycles. The number of carbonyl (C=O) groups excluding carboxylic acids is 1. The van der Waals surface area contributed by atoms with Crippen molar-refractivity contribution >= 4 is 11.7 Å². The van der Waals surface area contributed by atoms with Crippen LogP contribution in [-0.4, -0.2) is 47.1 Å². The van der Waals surface area contributed by atoms with Gasteiger partial charge in [-0.2, -0.15) is 14.6 Å². The summed E-state index contributed by atoms with van der Waals surface area (Å²) in [4.78, 5) is 18.2. The van der Waals surface area contributed by atoms with Crippen molar-refractivity contribution in [3.8, 4) is 6.07 Å². The Labute approximate surface area is 185 Å². The van der Waals surface area contributed by atoms with E-state index < -0.39 is 52.1 Å². The second-order valence-corrected chi connectivity index (χ2v) is 8.65. The molecular formula is C22H18F5N5O. The summed E-state index contributed by atoms with van der Waals surface area (Å²) in [5.74, 6) is -6.48. The molecule has 1 aromatic heterocycles. The van der Waals surface area contributed by atoms with Crippen molar-refractivity contribution in [2.75, 3.05) is 31.1 Å². The normalized spacial score (nSPS) is 22.2. The van der Waals surface area contributed by atoms with Gasteiger partial charge in [-0.1, -0.05) is 0 Å². The van der Waals surface area contributed by atoms with Crippen LogP contribution in [0.1, 0.15) is 36.4 Å². The molecule has 5 rings (SSSR count). The Morgan fingerprint density at radius 3 is 2.30 bits per heavy atom. The van der Waals surface area contributed by atoms with Crippen LogP contribution in [0.25, 0.3) is 0 Å². The van der Waals surface area contributed by atoms with Crippen molar-refractivity contribution in [2.45, 2.75) is 25.3 Å². The summed E-state index contributed by atoms with van der Waals surface area (Å²) in [6.45, 7) is 1.25. The van der Waals surface area contributed by atoms with E-state index >= 15 is 0 Å². The lowest BCUT2D eigenvalue weighted by atomic mass is 9.77. The first-order valence-corrected chi connectivity index (χ1v) is 10.5. The molecule has 172 valence electrons. The highest BCUT2D eigenvalue weighted by Crippen LogP contribution is 2.47. The molecule has 0 aliphatic carbocycles. The van der Waals surface area contributed by atoms with Crippen molar-refractivity contribution in [1.29, 1.82) is 5.26 Å². The lowest BCUT2D eigenvalue weighted by Crippen LogP contribution is -2.46. The van der Waals surface area contributed by atoms with Crippen molar-refractivity contribution in [3.05, 3.63) is 58.5 Å². The minimum atomic E-state index is -1.63. The Balaban J connectivity index is 1.37. The molecule has 0 unspecified atom stereocenters. The number of halogens is 5. The molecule has 33 heavy (non-hydrogen) atoms. The Hall–Kier alpha value is -3.26. The van der Waals surface area contributed by atoms with E-state index in [-0.39, 0.29) is 19.0 Å². The number of amides is 1. The fraction of sp³-hybridized carbons (Fsp3) is 0.409. The van der Waals surface area contributed by atoms with Gasteiger partial charge in [-0.25, -0.2) is 22.6 Å². The third kappa shape index (κ3) is 3.31. The molecule has 0 saturated carbocycles. The molecule has 2 aromatic rings. The quantitative estimate of drug-likeness (QED) is 0.505. The van der Waals surface area contributed by atoms with Crippen LogP contribution in [0.4, 0.5) is 27.8 Å². The third-order valence-corrected chi connectivity index (χ3v) is 6.83. The number of fused-ring (bicyclic) bond motifs is 1. The Bertz CT molecular complexity index is 1170. The van der Waals surface area contributed by atoms with Gasteiger partial charge in [0.2, 0.25) is 5.91 Å². The highest BCUT2D eigenvalue weighted by molar-refractivity contribution is 5.85. The molecule has 1 atom stereocenters. The summed E-state index contributed by atoms with van der Waals surface area (Å²) in [5.41, 5.74) is -1.43. The first-order valence-electron chi connectivity index (χ1n) is 10.5. The molecule has 3 aliphatic heterocycles. The van der Waals surface area contributed by atoms with Crippen molar-refractivity contribution in [1.82, 2.24) is 15.0 Å². The lowest BCUT2D eigenvalue weighted by Gasteiger charge is -2.38. The van der Waals surface area contributed by atoms with Gasteiger partial charge >= 0.3 is 0 Å². The van der Waals surface area contributed by atoms with Crippen molar-refractivity contribution < 1.29 is 26.7 Å². The van der Waals surface area contributed by atoms with Gasteiger partial charge < -0.3 is 4.90 Å². The molecule has 1 spiro atoms. The predicted octanol–water partition coefficient (Wildman–Crippen LogP) is 3.44. The standard InChI is InChI=1S/C22H18F5N5O/c23-13-7-12(8-14(24)9-13)16-1-4-31-11-22(21(33)32(16)31)2-5-30(6-3-22)20-18(26)15(10-28)17(25)19(27)29-20/h7-9,16H,1-6,11H2/t16-/m0/s1. The molecule has 0 radical (unpaired) electrons. The zero-order valence-corrected chi connectivity index (χ0v) is 17.3. The van der Waals surface area contributed by atoms with Gasteiger partial charge in [0.25, 0.3) is 5.95 Å². The fourth-order valence-corrected chi connectivity index (χ4v) is 5.19. The zero-order chi connectivity index (χ0) is 23.5. The number of anilines is 1. The maximum absolute atomic E-state index is 14.6. The van der Waals surface area contributed by atoms with Gasteiger partial charge in [0.15, 0.2) is 17.5 Å². The molecule has 3 aliphatic rings. The number of nitriles is 1. The summed E-state index contributed by atoms with van der Waals surface area (Å²) in [5, 5.41) is 12.4. The first-order chi connectivity index (χ1) is 15.7. The number of nitrogens with zero attached hydrogens (tertiary/aromatic N) is 5. The summed E-state index contributed by atoms with van der Waals surface area (Å²) >= 11 is 0. The van der Waals surface area contributed by atoms with Crippen LogP contribution in [0.2, 0.25) is 0 Å². The van der Waals surface area contributed by atoms with E-state index in [1.165, 1.54) is 23.1 Å². The topological polar surface area (TPSA) is 63.5 Å². The zero-order valence-electron chi connectivity index (χ0n) is 17.3. The van der Waals surface area contributed by atoms with E-state index in [9.17, 15) is 26.7 Å². The van der Waals surface area contributed by atoms with E-state index in [0.717, 1.165) is 6.07 Å². The van der Waals surface area contributed by atoms with Crippen LogP contribution >= 0.6 is 0 Å². The highest BCUT2D eigenvalue weighted by atomic mass is 19.2. The molecule has 1 aromatic carbocycles. The number of hydrogen-bond acceptors (Lipinski definition) is 5. The molecule has 1 amide bonds. The highest BCUT2D eigenvalue weighted by Gasteiger charge is 2.56. The lowest BCUT2D eigenvalue weighted by molar-refractivity contribution is -0.143. The molecule has 3 fully saturated rings. The van der Waals surface area contributed by atoms with Gasteiger partial charge in [-0.05, 0) is 37.0 Å². The average molecular weight is 463 g/mol. The number of aromatic nitrogens is 1. The Kier molecular flexibility index (Phi) is 5.01. The molecule has 0 bridgehead atoms. The minimum absolute atomic E-state index is 0.145. The second-order valence-electron chi connectivity index (χ2n) is 8.65. The van der Waals surface area contributed by atoms with Crippen LogP contribution in [0, 0.1) is 46.0 Å². The Morgan fingerprint density at radius 1 is 1.00 bits per heavy atom. The molecular weight excluding hydrogens is 445 g/mol. The number of piperidine rings is 1. The van der Waals surface area contributed by atoms with Gasteiger partial charge in [0.05, 0.1) is 11.5 Å². The number of benzene rings is 1. The molecule has 11 heteroatoms. The van der Waals surface area contributed by atoms with E-state index in [0.29, 0.717) is 37.9 Å². The van der Waals surface area contributed by atoms with Crippen LogP contribution in [0.15, 0.2) is 18.2 Å². The van der Waals surface area contributed by atoms with Gasteiger partial charge in [0.1, 0.15) is 23.3 Å². The molecule has 0 N–H and O–H groups in total. The summed E-state index contributed by atoms with van der Waals surface area (Å²) in [7, 11) is 0. The SMILES string of the molecule is N#Cc1c(F)c(F)nc(N2CCC3(CC2)CN2CC[C@@H](c4cc(F)cc(F)c4)N2C3=O)c1F. The van der Waals surface area contributed by atoms with Crippen LogP contribution < -0.4 is 4.90 Å². The number of rotatable bonds is 2. The maximum atomic E-state index is 14.6. The summed E-state index contributed by atoms with van der Waals surface area (Å²) in [6.07, 6.45) is 1.13. The van der Waals surface area contributed by atoms with Gasteiger partial charge in [-0.3, -0.25) is 9.80 Å². The second kappa shape index (κ2) is 7.66. The van der Waals surface area contributed by atoms with E-state index in [1.54, 1.807) is 5.01 Å². The van der Waals surface area contributed by atoms with Crippen LogP contribution in [-0.2, 0) is 4.79 Å². The number of pyridine rings is 1. The fourth-order valence-electron chi connectivity index (χ4n) is 5.19. The summed E-state index contributed by atoms with van der Waals surface area (Å²) in [6, 6.07) is 4.06. The predicted molar refractivity (Wildman–Crippen MR) is 105 cm³/mol. The van der Waals surface area contributed by atoms with E-state index in [1.807, 2.05) is 5.01 Å². The van der Waals surface area contributed by atoms with Gasteiger partial charge in [0, 0.05) is 32.2 Å². The third-order valence-electron chi connectivity index (χ3n) is 6.83. The summed E-state index contributed by atoms with van der Waals surface area (Å²) < 4.78 is 69.5. The van der Waals surface area contributed by atoms with Crippen molar-refractivity contribution in [2.24, 2.45) is 5.41 Å². The average Bonchev–Trinajstić information content (AvgIpc) is 3.29. The maximum Gasteiger partial charge on any atom is 0.252 e. The van der Waals surface area contributed by atoms with Crippen LogP contribution in [0.3, 0.4) is 0 Å². The number of hydrogen-bond donors (Lipinski definition) is 0. The molecule has 4 heterocycles. The van der Waals surface area contributed by atoms with Gasteiger partial charge in [-0.15, -0.1) is 0 Å².